The van der Waals surface area contributed by atoms with Crippen LogP contribution in [0.25, 0.3) is 5.65 Å². The number of carboxylic acid groups (broad SMARTS) is 1. The van der Waals surface area contributed by atoms with E-state index in [1.54, 1.807) is 25.6 Å². The van der Waals surface area contributed by atoms with Crippen molar-refractivity contribution in [3.63, 3.8) is 0 Å². The van der Waals surface area contributed by atoms with E-state index < -0.39 is 0 Å². The standard InChI is InChI=1S/C20H24N6O4.CH2O2/c1-29-12-16-24-18(30-25-16)10-22-19(27)13-2-5-15(6-3-13)23-20(28)14-4-7-17-21-8-9-26(17)11-14;2-1-3/h4,7-9,11,13,15H,2-3,5-6,10,12H2,1H3,(H,22,27)(H,23,28);1H,(H,2,3). The zero-order valence-corrected chi connectivity index (χ0v) is 18.1. The Morgan fingerprint density at radius 1 is 1.30 bits per heavy atom. The van der Waals surface area contributed by atoms with Crippen molar-refractivity contribution in [3.05, 3.63) is 48.0 Å². The van der Waals surface area contributed by atoms with Gasteiger partial charge in [0, 0.05) is 37.7 Å². The van der Waals surface area contributed by atoms with E-state index >= 15 is 0 Å². The molecule has 1 saturated carbocycles. The highest BCUT2D eigenvalue weighted by Crippen LogP contribution is 2.25. The number of carbonyl (C=O) groups is 3. The molecule has 33 heavy (non-hydrogen) atoms. The predicted molar refractivity (Wildman–Crippen MR) is 114 cm³/mol. The summed E-state index contributed by atoms with van der Waals surface area (Å²) in [5.74, 6) is 0.580. The number of ether oxygens (including phenoxy) is 1. The van der Waals surface area contributed by atoms with Gasteiger partial charge in [-0.25, -0.2) is 4.98 Å². The molecule has 3 N–H and O–H groups in total. The van der Waals surface area contributed by atoms with E-state index in [4.69, 9.17) is 19.2 Å². The molecule has 0 atom stereocenters. The van der Waals surface area contributed by atoms with Crippen LogP contribution in [0.15, 0.2) is 35.2 Å². The Bertz CT molecular complexity index is 1070. The highest BCUT2D eigenvalue weighted by molar-refractivity contribution is 5.94. The maximum absolute atomic E-state index is 12.5. The second-order valence-corrected chi connectivity index (χ2v) is 7.49. The van der Waals surface area contributed by atoms with E-state index in [-0.39, 0.29) is 43.4 Å². The molecular weight excluding hydrogens is 432 g/mol. The molecule has 0 aliphatic heterocycles. The number of rotatable bonds is 7. The lowest BCUT2D eigenvalue weighted by molar-refractivity contribution is -0.126. The molecule has 12 nitrogen and oxygen atoms in total. The summed E-state index contributed by atoms with van der Waals surface area (Å²) in [5, 5.41) is 16.6. The van der Waals surface area contributed by atoms with Crippen LogP contribution in [0.4, 0.5) is 0 Å². The first-order chi connectivity index (χ1) is 16.0. The molecule has 1 aliphatic carbocycles. The van der Waals surface area contributed by atoms with Crippen molar-refractivity contribution < 1.29 is 28.8 Å². The third-order valence-corrected chi connectivity index (χ3v) is 5.28. The van der Waals surface area contributed by atoms with Crippen LogP contribution in [0.2, 0.25) is 0 Å². The van der Waals surface area contributed by atoms with Crippen molar-refractivity contribution >= 4 is 23.9 Å². The van der Waals surface area contributed by atoms with Gasteiger partial charge in [-0.15, -0.1) is 0 Å². The first kappa shape index (κ1) is 23.9. The maximum Gasteiger partial charge on any atom is 0.290 e. The Balaban J connectivity index is 0.000000968. The van der Waals surface area contributed by atoms with Gasteiger partial charge in [-0.2, -0.15) is 4.98 Å². The van der Waals surface area contributed by atoms with Crippen LogP contribution in [-0.4, -0.2) is 56.1 Å². The number of amides is 2. The molecule has 12 heteroatoms. The fraction of sp³-hybridized carbons (Fsp3) is 0.429. The number of nitrogens with zero attached hydrogens (tertiary/aromatic N) is 4. The van der Waals surface area contributed by atoms with Crippen molar-refractivity contribution in [2.45, 2.75) is 44.9 Å². The molecule has 0 aromatic carbocycles. The number of fused-ring (bicyclic) bond motifs is 1. The van der Waals surface area contributed by atoms with Gasteiger partial charge in [0.1, 0.15) is 12.3 Å². The average molecular weight is 458 g/mol. The Hall–Kier alpha value is -3.80. The summed E-state index contributed by atoms with van der Waals surface area (Å²) in [5.41, 5.74) is 1.39. The minimum atomic E-state index is -0.250. The molecule has 1 fully saturated rings. The Kier molecular flexibility index (Phi) is 8.47. The Labute approximate surface area is 189 Å². The normalized spacial score (nSPS) is 17.6. The highest BCUT2D eigenvalue weighted by Gasteiger charge is 2.27. The zero-order valence-electron chi connectivity index (χ0n) is 18.1. The zero-order chi connectivity index (χ0) is 23.6. The van der Waals surface area contributed by atoms with Crippen LogP contribution < -0.4 is 10.6 Å². The van der Waals surface area contributed by atoms with E-state index in [0.29, 0.717) is 17.3 Å². The Morgan fingerprint density at radius 2 is 2.06 bits per heavy atom. The molecule has 0 bridgehead atoms. The fourth-order valence-electron chi connectivity index (χ4n) is 3.68. The minimum Gasteiger partial charge on any atom is -0.483 e. The van der Waals surface area contributed by atoms with Gasteiger partial charge >= 0.3 is 0 Å². The Morgan fingerprint density at radius 3 is 2.79 bits per heavy atom. The number of aromatic nitrogens is 4. The van der Waals surface area contributed by atoms with E-state index in [1.165, 1.54) is 0 Å². The summed E-state index contributed by atoms with van der Waals surface area (Å²) < 4.78 is 11.8. The maximum atomic E-state index is 12.5. The quantitative estimate of drug-likeness (QED) is 0.441. The molecule has 4 rings (SSSR count). The van der Waals surface area contributed by atoms with Crippen LogP contribution in [-0.2, 0) is 27.5 Å². The fourth-order valence-corrected chi connectivity index (χ4v) is 3.68. The molecule has 3 aromatic heterocycles. The number of nitrogens with one attached hydrogen (secondary N) is 2. The number of imidazole rings is 1. The van der Waals surface area contributed by atoms with Crippen molar-refractivity contribution in [2.24, 2.45) is 5.92 Å². The van der Waals surface area contributed by atoms with Crippen LogP contribution in [0.3, 0.4) is 0 Å². The highest BCUT2D eigenvalue weighted by atomic mass is 16.5. The molecule has 0 spiro atoms. The largest absolute Gasteiger partial charge is 0.483 e. The lowest BCUT2D eigenvalue weighted by atomic mass is 9.85. The van der Waals surface area contributed by atoms with Gasteiger partial charge in [-0.3, -0.25) is 14.4 Å². The number of hydrogen-bond donors (Lipinski definition) is 3. The molecule has 3 heterocycles. The number of pyridine rings is 1. The molecule has 176 valence electrons. The van der Waals surface area contributed by atoms with Crippen molar-refractivity contribution in [1.29, 1.82) is 0 Å². The van der Waals surface area contributed by atoms with Gasteiger partial charge in [0.25, 0.3) is 12.4 Å². The summed E-state index contributed by atoms with van der Waals surface area (Å²) in [6.45, 7) is 0.215. The molecular formula is C21H26N6O6. The van der Waals surface area contributed by atoms with Gasteiger partial charge in [0.05, 0.1) is 12.1 Å². The van der Waals surface area contributed by atoms with Crippen LogP contribution in [0.5, 0.6) is 0 Å². The van der Waals surface area contributed by atoms with Crippen LogP contribution in [0, 0.1) is 5.92 Å². The summed E-state index contributed by atoms with van der Waals surface area (Å²) in [6, 6.07) is 3.65. The number of methoxy groups -OCH3 is 1. The minimum absolute atomic E-state index is 0.0307. The number of carbonyl (C=O) groups excluding carboxylic acids is 2. The van der Waals surface area contributed by atoms with E-state index in [9.17, 15) is 9.59 Å². The smallest absolute Gasteiger partial charge is 0.290 e. The van der Waals surface area contributed by atoms with E-state index in [0.717, 1.165) is 31.3 Å². The summed E-state index contributed by atoms with van der Waals surface area (Å²) in [6.07, 6.45) is 8.23. The molecule has 0 unspecified atom stereocenters. The summed E-state index contributed by atoms with van der Waals surface area (Å²) in [4.78, 5) is 41.7. The lowest BCUT2D eigenvalue weighted by Gasteiger charge is -2.28. The first-order valence-corrected chi connectivity index (χ1v) is 10.4. The monoisotopic (exact) mass is 458 g/mol. The van der Waals surface area contributed by atoms with E-state index in [1.807, 2.05) is 16.7 Å². The third kappa shape index (κ3) is 6.59. The van der Waals surface area contributed by atoms with Gasteiger partial charge in [-0.05, 0) is 37.8 Å². The van der Waals surface area contributed by atoms with Crippen LogP contribution >= 0.6 is 0 Å². The topological polar surface area (TPSA) is 161 Å². The third-order valence-electron chi connectivity index (χ3n) is 5.28. The second-order valence-electron chi connectivity index (χ2n) is 7.49. The van der Waals surface area contributed by atoms with Crippen molar-refractivity contribution in [2.75, 3.05) is 7.11 Å². The predicted octanol–water partition coefficient (Wildman–Crippen LogP) is 1.17. The molecule has 0 radical (unpaired) electrons. The summed E-state index contributed by atoms with van der Waals surface area (Å²) in [7, 11) is 1.55. The SMILES string of the molecule is COCc1noc(CNC(=O)C2CCC(NC(=O)c3ccc4nccn4c3)CC2)n1.O=CO. The van der Waals surface area contributed by atoms with Gasteiger partial charge in [-0.1, -0.05) is 5.16 Å². The molecule has 0 saturated heterocycles. The number of hydrogen-bond acceptors (Lipinski definition) is 8. The molecule has 2 amide bonds. The average Bonchev–Trinajstić information content (AvgIpc) is 3.47. The van der Waals surface area contributed by atoms with E-state index in [2.05, 4.69) is 25.8 Å². The van der Waals surface area contributed by atoms with Gasteiger partial charge in [0.15, 0.2) is 5.82 Å². The summed E-state index contributed by atoms with van der Waals surface area (Å²) >= 11 is 0. The van der Waals surface area contributed by atoms with Gasteiger partial charge in [0.2, 0.25) is 11.8 Å². The van der Waals surface area contributed by atoms with Crippen molar-refractivity contribution in [3.8, 4) is 0 Å². The first-order valence-electron chi connectivity index (χ1n) is 10.4. The molecule has 3 aromatic rings. The second kappa shape index (κ2) is 11.7. The van der Waals surface area contributed by atoms with Crippen LogP contribution in [0.1, 0.15) is 47.8 Å². The molecule has 1 aliphatic rings. The van der Waals surface area contributed by atoms with Crippen molar-refractivity contribution in [1.82, 2.24) is 30.2 Å². The van der Waals surface area contributed by atoms with Gasteiger partial charge < -0.3 is 29.4 Å². The lowest BCUT2D eigenvalue weighted by Crippen LogP contribution is -2.40.